The van der Waals surface area contributed by atoms with Crippen LogP contribution in [-0.4, -0.2) is 32.3 Å². The molecule has 0 saturated carbocycles. The number of hydrogen-bond donors (Lipinski definition) is 4. The predicted molar refractivity (Wildman–Crippen MR) is 168 cm³/mol. The molecule has 0 saturated heterocycles. The van der Waals surface area contributed by atoms with E-state index in [1.54, 1.807) is 4.57 Å². The maximum atomic E-state index is 13.9. The van der Waals surface area contributed by atoms with Crippen LogP contribution in [0.25, 0.3) is 26.7 Å². The Hall–Kier alpha value is -5.09. The zero-order valence-electron chi connectivity index (χ0n) is 22.8. The van der Waals surface area contributed by atoms with Crippen LogP contribution in [0.4, 0.5) is 16.8 Å². The summed E-state index contributed by atoms with van der Waals surface area (Å²) in [4.78, 5) is 27.1. The molecule has 5 N–H and O–H groups in total. The minimum absolute atomic E-state index is 0.0827. The van der Waals surface area contributed by atoms with Gasteiger partial charge in [0, 0.05) is 18.3 Å². The summed E-state index contributed by atoms with van der Waals surface area (Å²) in [7, 11) is 1.83. The third-order valence-corrected chi connectivity index (χ3v) is 8.18. The van der Waals surface area contributed by atoms with Gasteiger partial charge in [0.2, 0.25) is 0 Å². The number of rotatable bonds is 7. The minimum Gasteiger partial charge on any atom is -0.383 e. The van der Waals surface area contributed by atoms with Gasteiger partial charge < -0.3 is 16.4 Å². The molecule has 3 aromatic heterocycles. The first-order valence-corrected chi connectivity index (χ1v) is 13.9. The number of nitrogens with two attached hydrogens (primary N) is 1. The van der Waals surface area contributed by atoms with Crippen molar-refractivity contribution in [3.8, 4) is 5.69 Å². The Labute approximate surface area is 240 Å². The van der Waals surface area contributed by atoms with Crippen molar-refractivity contribution in [3.05, 3.63) is 111 Å². The molecule has 9 nitrogen and oxygen atoms in total. The van der Waals surface area contributed by atoms with E-state index < -0.39 is 0 Å². The smallest absolute Gasteiger partial charge is 0.263 e. The van der Waals surface area contributed by atoms with Crippen LogP contribution in [0.15, 0.2) is 77.9 Å². The highest BCUT2D eigenvalue weighted by molar-refractivity contribution is 7.22. The van der Waals surface area contributed by atoms with E-state index in [1.807, 2.05) is 87.6 Å². The highest BCUT2D eigenvalue weighted by atomic mass is 32.1. The van der Waals surface area contributed by atoms with E-state index in [9.17, 15) is 4.79 Å². The number of hydrogen-bond acceptors (Lipinski definition) is 9. The fourth-order valence-corrected chi connectivity index (χ4v) is 5.94. The van der Waals surface area contributed by atoms with Gasteiger partial charge in [0.15, 0.2) is 5.13 Å². The first-order valence-electron chi connectivity index (χ1n) is 13.1. The van der Waals surface area contributed by atoms with Crippen molar-refractivity contribution < 1.29 is 0 Å². The number of benzene rings is 3. The largest absolute Gasteiger partial charge is 0.383 e. The molecule has 0 aliphatic heterocycles. The van der Waals surface area contributed by atoms with Gasteiger partial charge in [-0.05, 0) is 54.6 Å². The normalized spacial score (nSPS) is 11.2. The summed E-state index contributed by atoms with van der Waals surface area (Å²) in [6.45, 7) is 4.21. The Bertz CT molecular complexity index is 2030. The third-order valence-electron chi connectivity index (χ3n) is 7.14. The fourth-order valence-electron chi connectivity index (χ4n) is 5.08. The van der Waals surface area contributed by atoms with Crippen LogP contribution < -0.4 is 21.9 Å². The Kier molecular flexibility index (Phi) is 6.68. The van der Waals surface area contributed by atoms with Crippen LogP contribution in [0, 0.1) is 19.3 Å². The van der Waals surface area contributed by atoms with Gasteiger partial charge in [-0.15, -0.1) is 0 Å². The summed E-state index contributed by atoms with van der Waals surface area (Å²) in [6, 6.07) is 21.4. The van der Waals surface area contributed by atoms with Crippen molar-refractivity contribution in [2.75, 3.05) is 23.4 Å². The van der Waals surface area contributed by atoms with E-state index in [-0.39, 0.29) is 23.6 Å². The molecule has 6 aromatic rings. The van der Waals surface area contributed by atoms with Crippen LogP contribution in [0.2, 0.25) is 0 Å². The van der Waals surface area contributed by atoms with E-state index in [4.69, 9.17) is 11.1 Å². The first kappa shape index (κ1) is 26.1. The molecule has 0 spiro atoms. The Morgan fingerprint density at radius 2 is 1.83 bits per heavy atom. The number of aryl methyl sites for hydroxylation is 2. The lowest BCUT2D eigenvalue weighted by atomic mass is 10.0. The van der Waals surface area contributed by atoms with Crippen LogP contribution in [0.3, 0.4) is 0 Å². The molecular weight excluding hydrogens is 532 g/mol. The van der Waals surface area contributed by atoms with E-state index in [0.29, 0.717) is 22.3 Å². The summed E-state index contributed by atoms with van der Waals surface area (Å²) < 4.78 is 2.71. The number of para-hydroxylation sites is 1. The van der Waals surface area contributed by atoms with E-state index in [2.05, 4.69) is 25.6 Å². The Morgan fingerprint density at radius 3 is 2.63 bits per heavy atom. The van der Waals surface area contributed by atoms with Crippen molar-refractivity contribution in [1.29, 1.82) is 5.41 Å². The van der Waals surface area contributed by atoms with Gasteiger partial charge >= 0.3 is 0 Å². The second-order valence-corrected chi connectivity index (χ2v) is 10.8. The molecule has 10 heteroatoms. The van der Waals surface area contributed by atoms with Crippen molar-refractivity contribution in [2.45, 2.75) is 20.4 Å². The quantitative estimate of drug-likeness (QED) is 0.185. The lowest BCUT2D eigenvalue weighted by Gasteiger charge is -2.19. The van der Waals surface area contributed by atoms with Gasteiger partial charge in [-0.3, -0.25) is 14.8 Å². The Morgan fingerprint density at radius 1 is 1.02 bits per heavy atom. The molecule has 0 bridgehead atoms. The van der Waals surface area contributed by atoms with Crippen LogP contribution in [0.1, 0.15) is 27.9 Å². The number of nitrogens with one attached hydrogen (secondary N) is 3. The van der Waals surface area contributed by atoms with Crippen molar-refractivity contribution in [3.63, 3.8) is 0 Å². The molecule has 6 rings (SSSR count). The summed E-state index contributed by atoms with van der Waals surface area (Å²) in [5.41, 5.74) is 11.8. The summed E-state index contributed by atoms with van der Waals surface area (Å²) in [5.74, 6) is 0.606. The van der Waals surface area contributed by atoms with Gasteiger partial charge in [-0.2, -0.15) is 0 Å². The number of aromatic nitrogens is 4. The summed E-state index contributed by atoms with van der Waals surface area (Å²) >= 11 is 1.51. The average molecular weight is 561 g/mol. The molecule has 0 atom stereocenters. The molecule has 0 fully saturated rings. The summed E-state index contributed by atoms with van der Waals surface area (Å²) in [6.07, 6.45) is 1.37. The second-order valence-electron chi connectivity index (χ2n) is 9.76. The molecular formula is C31H28N8OS. The highest BCUT2D eigenvalue weighted by Gasteiger charge is 2.19. The Balaban J connectivity index is 1.42. The molecule has 0 radical (unpaired) electrons. The first-order chi connectivity index (χ1) is 19.9. The van der Waals surface area contributed by atoms with Crippen molar-refractivity contribution in [2.24, 2.45) is 0 Å². The number of nitrogens with zero attached hydrogens (tertiary/aromatic N) is 4. The lowest BCUT2D eigenvalue weighted by molar-refractivity contribution is 0.883. The van der Waals surface area contributed by atoms with E-state index in [0.717, 1.165) is 43.2 Å². The van der Waals surface area contributed by atoms with Gasteiger partial charge in [0.1, 0.15) is 18.0 Å². The lowest BCUT2D eigenvalue weighted by Crippen LogP contribution is -2.25. The minimum atomic E-state index is -0.0827. The maximum Gasteiger partial charge on any atom is 0.263 e. The molecule has 204 valence electrons. The molecule has 3 aromatic carbocycles. The van der Waals surface area contributed by atoms with Crippen LogP contribution >= 0.6 is 11.3 Å². The van der Waals surface area contributed by atoms with Gasteiger partial charge in [-0.25, -0.2) is 15.0 Å². The molecule has 0 unspecified atom stereocenters. The van der Waals surface area contributed by atoms with Crippen LogP contribution in [-0.2, 0) is 6.54 Å². The monoisotopic (exact) mass is 560 g/mol. The predicted octanol–water partition coefficient (Wildman–Crippen LogP) is 5.66. The maximum absolute atomic E-state index is 13.9. The second kappa shape index (κ2) is 10.5. The van der Waals surface area contributed by atoms with Gasteiger partial charge in [0.05, 0.1) is 39.1 Å². The van der Waals surface area contributed by atoms with E-state index >= 15 is 0 Å². The molecule has 0 amide bonds. The average Bonchev–Trinajstić information content (AvgIpc) is 3.39. The van der Waals surface area contributed by atoms with Crippen molar-refractivity contribution in [1.82, 2.24) is 19.5 Å². The molecule has 0 aliphatic carbocycles. The van der Waals surface area contributed by atoms with E-state index in [1.165, 1.54) is 17.7 Å². The number of pyridine rings is 1. The van der Waals surface area contributed by atoms with Gasteiger partial charge in [0.25, 0.3) is 5.56 Å². The SMILES string of the molecule is CNc1nc2ccc(C(=N)c3c(N)ncnc3NCc3cc4cccc(C)c4c(=O)n3-c3ccccc3C)cc2s1. The third kappa shape index (κ3) is 4.68. The van der Waals surface area contributed by atoms with Gasteiger partial charge in [-0.1, -0.05) is 53.8 Å². The number of nitrogen functional groups attached to an aromatic ring is 1. The van der Waals surface area contributed by atoms with Crippen molar-refractivity contribution >= 4 is 54.8 Å². The number of anilines is 3. The summed E-state index contributed by atoms with van der Waals surface area (Å²) in [5, 5.41) is 17.8. The van der Waals surface area contributed by atoms with Crippen LogP contribution in [0.5, 0.6) is 0 Å². The molecule has 41 heavy (non-hydrogen) atoms. The zero-order valence-corrected chi connectivity index (χ0v) is 23.6. The molecule has 3 heterocycles. The molecule has 0 aliphatic rings. The zero-order chi connectivity index (χ0) is 28.7. The number of thiazole rings is 1. The fraction of sp³-hybridized carbons (Fsp3) is 0.129. The topological polar surface area (TPSA) is 135 Å². The standard InChI is InChI=1S/C31H28N8OS/c1-17-7-4-5-10-23(17)39-21(13-19-9-6-8-18(2)25(19)30(39)40)15-35-29-26(28(33)36-16-37-29)27(32)20-11-12-22-24(14-20)41-31(34-3)38-22/h4-14,16,32H,15H2,1-3H3,(H,34,38)(H3,33,35,36,37). The highest BCUT2D eigenvalue weighted by Crippen LogP contribution is 2.29. The number of fused-ring (bicyclic) bond motifs is 2.